The van der Waals surface area contributed by atoms with E-state index in [0.29, 0.717) is 12.1 Å². The molecular weight excluding hydrogens is 517 g/mol. The Morgan fingerprint density at radius 1 is 1.20 bits per heavy atom. The third kappa shape index (κ3) is 4.71. The highest BCUT2D eigenvalue weighted by Crippen LogP contribution is 2.31. The van der Waals surface area contributed by atoms with Crippen LogP contribution in [0.15, 0.2) is 42.5 Å². The van der Waals surface area contributed by atoms with Gasteiger partial charge in [-0.05, 0) is 40.8 Å². The molecule has 2 aromatic carbocycles. The highest BCUT2D eigenvalue weighted by Gasteiger charge is 2.20. The molecule has 1 aliphatic rings. The first-order valence-corrected chi connectivity index (χ1v) is 11.5. The van der Waals surface area contributed by atoms with Gasteiger partial charge in [-0.1, -0.05) is 23.5 Å². The van der Waals surface area contributed by atoms with Crippen LogP contribution in [0.5, 0.6) is 0 Å². The van der Waals surface area contributed by atoms with Gasteiger partial charge in [-0.15, -0.1) is 0 Å². The van der Waals surface area contributed by atoms with E-state index in [0.717, 1.165) is 51.6 Å². The van der Waals surface area contributed by atoms with Gasteiger partial charge >= 0.3 is 0 Å². The van der Waals surface area contributed by atoms with Crippen molar-refractivity contribution < 1.29 is 9.72 Å². The van der Waals surface area contributed by atoms with Crippen molar-refractivity contribution in [2.45, 2.75) is 0 Å². The molecule has 1 saturated heterocycles. The number of anilines is 1. The van der Waals surface area contributed by atoms with Crippen molar-refractivity contribution >= 4 is 60.9 Å². The van der Waals surface area contributed by atoms with Crippen molar-refractivity contribution in [3.63, 3.8) is 0 Å². The minimum Gasteiger partial charge on any atom is -0.351 e. The molecule has 30 heavy (non-hydrogen) atoms. The highest BCUT2D eigenvalue weighted by atomic mass is 127. The van der Waals surface area contributed by atoms with Crippen LogP contribution in [0.25, 0.3) is 10.2 Å². The fourth-order valence-corrected chi connectivity index (χ4v) is 5.06. The Balaban J connectivity index is 1.28. The van der Waals surface area contributed by atoms with E-state index in [9.17, 15) is 14.9 Å². The predicted molar refractivity (Wildman–Crippen MR) is 126 cm³/mol. The molecule has 0 saturated carbocycles. The first-order chi connectivity index (χ1) is 14.5. The third-order valence-corrected chi connectivity index (χ3v) is 7.07. The predicted octanol–water partition coefficient (Wildman–Crippen LogP) is 3.36. The zero-order valence-electron chi connectivity index (χ0n) is 16.1. The van der Waals surface area contributed by atoms with E-state index in [-0.39, 0.29) is 16.5 Å². The lowest BCUT2D eigenvalue weighted by Crippen LogP contribution is -2.48. The number of hydrogen-bond acceptors (Lipinski definition) is 7. The third-order valence-electron chi connectivity index (χ3n) is 5.05. The van der Waals surface area contributed by atoms with Crippen LogP contribution in [0.2, 0.25) is 0 Å². The van der Waals surface area contributed by atoms with Crippen molar-refractivity contribution in [1.29, 1.82) is 0 Å². The molecule has 10 heteroatoms. The summed E-state index contributed by atoms with van der Waals surface area (Å²) >= 11 is 3.66. The second-order valence-electron chi connectivity index (χ2n) is 6.97. The largest absolute Gasteiger partial charge is 0.351 e. The SMILES string of the molecule is O=C(NCCN1CCN(c2nc3ccc([N+](=O)[O-])cc3s2)CC1)c1ccccc1I. The Morgan fingerprint density at radius 2 is 1.97 bits per heavy atom. The number of halogens is 1. The Kier molecular flexibility index (Phi) is 6.44. The van der Waals surface area contributed by atoms with E-state index in [1.54, 1.807) is 12.1 Å². The van der Waals surface area contributed by atoms with Crippen LogP contribution in [-0.2, 0) is 0 Å². The van der Waals surface area contributed by atoms with Crippen molar-refractivity contribution in [2.75, 3.05) is 44.2 Å². The quantitative estimate of drug-likeness (QED) is 0.295. The van der Waals surface area contributed by atoms with Crippen molar-refractivity contribution in [3.05, 3.63) is 61.7 Å². The Labute approximate surface area is 191 Å². The van der Waals surface area contributed by atoms with E-state index in [2.05, 4.69) is 42.7 Å². The molecule has 0 spiro atoms. The van der Waals surface area contributed by atoms with E-state index in [1.807, 2.05) is 24.3 Å². The summed E-state index contributed by atoms with van der Waals surface area (Å²) in [6.07, 6.45) is 0. The van der Waals surface area contributed by atoms with Crippen molar-refractivity contribution in [2.24, 2.45) is 0 Å². The molecule has 0 aliphatic carbocycles. The maximum atomic E-state index is 12.3. The average molecular weight is 537 g/mol. The smallest absolute Gasteiger partial charge is 0.270 e. The van der Waals surface area contributed by atoms with E-state index in [4.69, 9.17) is 0 Å². The fourth-order valence-electron chi connectivity index (χ4n) is 3.38. The molecule has 2 heterocycles. The number of nitro groups is 1. The zero-order chi connectivity index (χ0) is 21.1. The number of benzene rings is 2. The average Bonchev–Trinajstić information content (AvgIpc) is 3.18. The molecule has 1 amide bonds. The fraction of sp³-hybridized carbons (Fsp3) is 0.300. The first-order valence-electron chi connectivity index (χ1n) is 9.56. The molecule has 3 aromatic rings. The molecule has 8 nitrogen and oxygen atoms in total. The van der Waals surface area contributed by atoms with Gasteiger partial charge < -0.3 is 10.2 Å². The van der Waals surface area contributed by atoms with Gasteiger partial charge in [0, 0.05) is 55.0 Å². The minimum absolute atomic E-state index is 0.0396. The number of thiazole rings is 1. The number of carbonyl (C=O) groups excluding carboxylic acids is 1. The van der Waals surface area contributed by atoms with E-state index in [1.165, 1.54) is 17.4 Å². The van der Waals surface area contributed by atoms with Gasteiger partial charge in [0.05, 0.1) is 20.7 Å². The summed E-state index contributed by atoms with van der Waals surface area (Å²) in [5, 5.41) is 14.9. The molecule has 0 atom stereocenters. The van der Waals surface area contributed by atoms with Gasteiger partial charge in [-0.2, -0.15) is 0 Å². The lowest BCUT2D eigenvalue weighted by atomic mass is 10.2. The lowest BCUT2D eigenvalue weighted by Gasteiger charge is -2.34. The number of piperazine rings is 1. The number of hydrogen-bond donors (Lipinski definition) is 1. The maximum Gasteiger partial charge on any atom is 0.270 e. The first kappa shape index (κ1) is 20.9. The normalized spacial score (nSPS) is 14.8. The van der Waals surface area contributed by atoms with Crippen LogP contribution in [0, 0.1) is 13.7 Å². The summed E-state index contributed by atoms with van der Waals surface area (Å²) in [7, 11) is 0. The lowest BCUT2D eigenvalue weighted by molar-refractivity contribution is -0.384. The monoisotopic (exact) mass is 537 g/mol. The highest BCUT2D eigenvalue weighted by molar-refractivity contribution is 14.1. The van der Waals surface area contributed by atoms with E-state index >= 15 is 0 Å². The number of rotatable bonds is 6. The number of amides is 1. The van der Waals surface area contributed by atoms with Gasteiger partial charge in [0.25, 0.3) is 11.6 Å². The van der Waals surface area contributed by atoms with Gasteiger partial charge in [0.2, 0.25) is 0 Å². The molecule has 0 unspecified atom stereocenters. The molecule has 0 radical (unpaired) electrons. The molecule has 4 rings (SSSR count). The minimum atomic E-state index is -0.380. The molecule has 1 aliphatic heterocycles. The number of fused-ring (bicyclic) bond motifs is 1. The number of nitrogens with one attached hydrogen (secondary N) is 1. The summed E-state index contributed by atoms with van der Waals surface area (Å²) in [5.41, 5.74) is 1.59. The molecule has 0 bridgehead atoms. The van der Waals surface area contributed by atoms with Crippen LogP contribution < -0.4 is 10.2 Å². The zero-order valence-corrected chi connectivity index (χ0v) is 19.1. The standard InChI is InChI=1S/C20H20IN5O3S/c21-16-4-2-1-3-15(16)19(27)22-7-8-24-9-11-25(12-10-24)20-23-17-6-5-14(26(28)29)13-18(17)30-20/h1-6,13H,7-12H2,(H,22,27). The Bertz CT molecular complexity index is 1080. The number of carbonyl (C=O) groups is 1. The number of nitro benzene ring substituents is 1. The van der Waals surface area contributed by atoms with Crippen molar-refractivity contribution in [1.82, 2.24) is 15.2 Å². The summed E-state index contributed by atoms with van der Waals surface area (Å²) in [5.74, 6) is -0.0396. The summed E-state index contributed by atoms with van der Waals surface area (Å²) < 4.78 is 1.78. The number of nitrogens with zero attached hydrogens (tertiary/aromatic N) is 4. The van der Waals surface area contributed by atoms with Gasteiger partial charge in [-0.3, -0.25) is 19.8 Å². The van der Waals surface area contributed by atoms with Crippen LogP contribution >= 0.6 is 33.9 Å². The summed E-state index contributed by atoms with van der Waals surface area (Å²) in [4.78, 5) is 32.1. The van der Waals surface area contributed by atoms with Crippen molar-refractivity contribution in [3.8, 4) is 0 Å². The van der Waals surface area contributed by atoms with Crippen LogP contribution in [-0.4, -0.2) is 60.0 Å². The summed E-state index contributed by atoms with van der Waals surface area (Å²) in [6, 6.07) is 12.3. The number of non-ortho nitro benzene ring substituents is 1. The maximum absolute atomic E-state index is 12.3. The molecule has 1 aromatic heterocycles. The van der Waals surface area contributed by atoms with Crippen LogP contribution in [0.4, 0.5) is 10.8 Å². The molecular formula is C20H20IN5O3S. The Morgan fingerprint density at radius 3 is 2.70 bits per heavy atom. The number of aromatic nitrogens is 1. The van der Waals surface area contributed by atoms with Crippen LogP contribution in [0.3, 0.4) is 0 Å². The molecule has 1 N–H and O–H groups in total. The molecule has 1 fully saturated rings. The Hall–Kier alpha value is -2.31. The molecule has 156 valence electrons. The van der Waals surface area contributed by atoms with Gasteiger partial charge in [-0.25, -0.2) is 4.98 Å². The van der Waals surface area contributed by atoms with Crippen LogP contribution in [0.1, 0.15) is 10.4 Å². The summed E-state index contributed by atoms with van der Waals surface area (Å²) in [6.45, 7) is 4.85. The second-order valence-corrected chi connectivity index (χ2v) is 9.14. The topological polar surface area (TPSA) is 91.6 Å². The van der Waals surface area contributed by atoms with E-state index < -0.39 is 0 Å². The van der Waals surface area contributed by atoms with Gasteiger partial charge in [0.1, 0.15) is 0 Å². The van der Waals surface area contributed by atoms with Gasteiger partial charge in [0.15, 0.2) is 5.13 Å². The second kappa shape index (κ2) is 9.23.